The van der Waals surface area contributed by atoms with Crippen molar-refractivity contribution in [3.05, 3.63) is 33.8 Å². The van der Waals surface area contributed by atoms with Crippen LogP contribution in [0.25, 0.3) is 0 Å². The number of rotatable bonds is 5. The number of carboxylic acids is 2. The standard InChI is InChI=1S/C12H12BrNO5/c1-6-2-3-8(13)7(4-6)11(17)14-9(12(18)19)5-10(15)16/h2-4,9H,5H2,1H3,(H,14,17)(H,15,16)(H,18,19)/t9-/m0/s1. The Balaban J connectivity index is 2.90. The molecule has 102 valence electrons. The van der Waals surface area contributed by atoms with Crippen LogP contribution in [0, 0.1) is 6.92 Å². The van der Waals surface area contributed by atoms with Crippen molar-refractivity contribution >= 4 is 33.8 Å². The zero-order valence-electron chi connectivity index (χ0n) is 10.0. The number of carbonyl (C=O) groups excluding carboxylic acids is 1. The molecule has 1 amide bonds. The van der Waals surface area contributed by atoms with Crippen LogP contribution in [-0.2, 0) is 9.59 Å². The van der Waals surface area contributed by atoms with Crippen molar-refractivity contribution in [2.24, 2.45) is 0 Å². The Morgan fingerprint density at radius 3 is 2.47 bits per heavy atom. The highest BCUT2D eigenvalue weighted by Crippen LogP contribution is 2.18. The van der Waals surface area contributed by atoms with Crippen molar-refractivity contribution in [2.45, 2.75) is 19.4 Å². The molecular weight excluding hydrogens is 318 g/mol. The fourth-order valence-electron chi connectivity index (χ4n) is 1.42. The second kappa shape index (κ2) is 6.33. The molecule has 0 aliphatic heterocycles. The van der Waals surface area contributed by atoms with E-state index < -0.39 is 30.3 Å². The monoisotopic (exact) mass is 329 g/mol. The van der Waals surface area contributed by atoms with E-state index in [-0.39, 0.29) is 5.56 Å². The second-order valence-electron chi connectivity index (χ2n) is 3.95. The predicted octanol–water partition coefficient (Wildman–Crippen LogP) is 1.42. The van der Waals surface area contributed by atoms with E-state index >= 15 is 0 Å². The van der Waals surface area contributed by atoms with Gasteiger partial charge in [0.05, 0.1) is 12.0 Å². The fourth-order valence-corrected chi connectivity index (χ4v) is 1.85. The van der Waals surface area contributed by atoms with Gasteiger partial charge in [0, 0.05) is 4.47 Å². The molecule has 0 saturated carbocycles. The summed E-state index contributed by atoms with van der Waals surface area (Å²) in [6, 6.07) is 3.57. The SMILES string of the molecule is Cc1ccc(Br)c(C(=O)N[C@@H](CC(=O)O)C(=O)O)c1. The smallest absolute Gasteiger partial charge is 0.326 e. The minimum Gasteiger partial charge on any atom is -0.481 e. The average Bonchev–Trinajstić information content (AvgIpc) is 2.30. The minimum absolute atomic E-state index is 0.261. The number of amides is 1. The number of aliphatic carboxylic acids is 2. The minimum atomic E-state index is -1.46. The Hall–Kier alpha value is -1.89. The number of carboxylic acid groups (broad SMARTS) is 2. The first kappa shape index (κ1) is 15.2. The van der Waals surface area contributed by atoms with Crippen LogP contribution in [0.5, 0.6) is 0 Å². The number of hydrogen-bond donors (Lipinski definition) is 3. The molecular formula is C12H12BrNO5. The van der Waals surface area contributed by atoms with Gasteiger partial charge >= 0.3 is 11.9 Å². The van der Waals surface area contributed by atoms with E-state index in [9.17, 15) is 14.4 Å². The maximum atomic E-state index is 11.9. The molecule has 1 aromatic carbocycles. The van der Waals surface area contributed by atoms with Gasteiger partial charge in [-0.3, -0.25) is 9.59 Å². The van der Waals surface area contributed by atoms with Crippen LogP contribution >= 0.6 is 15.9 Å². The molecule has 7 heteroatoms. The molecule has 6 nitrogen and oxygen atoms in total. The summed E-state index contributed by atoms with van der Waals surface area (Å²) in [5.41, 5.74) is 1.09. The lowest BCUT2D eigenvalue weighted by Crippen LogP contribution is -2.42. The summed E-state index contributed by atoms with van der Waals surface area (Å²) in [6.07, 6.45) is -0.676. The molecule has 0 aromatic heterocycles. The lowest BCUT2D eigenvalue weighted by molar-refractivity contribution is -0.145. The van der Waals surface area contributed by atoms with Crippen LogP contribution in [0.1, 0.15) is 22.3 Å². The van der Waals surface area contributed by atoms with Crippen LogP contribution < -0.4 is 5.32 Å². The van der Waals surface area contributed by atoms with E-state index in [0.29, 0.717) is 4.47 Å². The van der Waals surface area contributed by atoms with Gasteiger partial charge in [0.2, 0.25) is 0 Å². The molecule has 1 aromatic rings. The van der Waals surface area contributed by atoms with E-state index in [4.69, 9.17) is 10.2 Å². The van der Waals surface area contributed by atoms with Gasteiger partial charge in [0.1, 0.15) is 6.04 Å². The quantitative estimate of drug-likeness (QED) is 0.757. The van der Waals surface area contributed by atoms with E-state index in [2.05, 4.69) is 21.2 Å². The van der Waals surface area contributed by atoms with Crippen LogP contribution in [-0.4, -0.2) is 34.1 Å². The molecule has 0 saturated heterocycles. The van der Waals surface area contributed by atoms with Crippen molar-refractivity contribution in [1.29, 1.82) is 0 Å². The Morgan fingerprint density at radius 2 is 1.95 bits per heavy atom. The van der Waals surface area contributed by atoms with Gasteiger partial charge in [-0.05, 0) is 35.0 Å². The van der Waals surface area contributed by atoms with E-state index in [1.165, 1.54) is 0 Å². The molecule has 19 heavy (non-hydrogen) atoms. The summed E-state index contributed by atoms with van der Waals surface area (Å²) >= 11 is 3.18. The Morgan fingerprint density at radius 1 is 1.32 bits per heavy atom. The summed E-state index contributed by atoms with van der Waals surface area (Å²) in [6.45, 7) is 1.79. The maximum absolute atomic E-state index is 11.9. The number of hydrogen-bond acceptors (Lipinski definition) is 3. The first-order valence-corrected chi connectivity index (χ1v) is 6.12. The first-order valence-electron chi connectivity index (χ1n) is 5.33. The zero-order valence-corrected chi connectivity index (χ0v) is 11.6. The van der Waals surface area contributed by atoms with Crippen LogP contribution in [0.2, 0.25) is 0 Å². The van der Waals surface area contributed by atoms with Crippen molar-refractivity contribution in [3.8, 4) is 0 Å². The van der Waals surface area contributed by atoms with Crippen molar-refractivity contribution in [2.75, 3.05) is 0 Å². The second-order valence-corrected chi connectivity index (χ2v) is 4.80. The summed E-state index contributed by atoms with van der Waals surface area (Å²) in [5, 5.41) is 19.6. The molecule has 0 unspecified atom stereocenters. The van der Waals surface area contributed by atoms with Crippen LogP contribution in [0.3, 0.4) is 0 Å². The predicted molar refractivity (Wildman–Crippen MR) is 70.0 cm³/mol. The molecule has 0 fully saturated rings. The van der Waals surface area contributed by atoms with Gasteiger partial charge in [0.15, 0.2) is 0 Å². The molecule has 0 heterocycles. The number of carbonyl (C=O) groups is 3. The van der Waals surface area contributed by atoms with Gasteiger partial charge in [-0.15, -0.1) is 0 Å². The molecule has 0 aliphatic rings. The molecule has 1 atom stereocenters. The topological polar surface area (TPSA) is 104 Å². The van der Waals surface area contributed by atoms with Gasteiger partial charge in [-0.1, -0.05) is 11.6 Å². The maximum Gasteiger partial charge on any atom is 0.326 e. The highest BCUT2D eigenvalue weighted by molar-refractivity contribution is 9.10. The number of benzene rings is 1. The third-order valence-electron chi connectivity index (χ3n) is 2.35. The largest absolute Gasteiger partial charge is 0.481 e. The third-order valence-corrected chi connectivity index (χ3v) is 3.04. The van der Waals surface area contributed by atoms with Crippen molar-refractivity contribution in [1.82, 2.24) is 5.32 Å². The van der Waals surface area contributed by atoms with Gasteiger partial charge in [-0.2, -0.15) is 0 Å². The summed E-state index contributed by atoms with van der Waals surface area (Å²) in [4.78, 5) is 33.3. The average molecular weight is 330 g/mol. The van der Waals surface area contributed by atoms with Crippen LogP contribution in [0.4, 0.5) is 0 Å². The molecule has 1 rings (SSSR count). The molecule has 0 spiro atoms. The first-order chi connectivity index (χ1) is 8.81. The Kier molecular flexibility index (Phi) is 5.05. The molecule has 0 aliphatic carbocycles. The molecule has 3 N–H and O–H groups in total. The molecule has 0 radical (unpaired) electrons. The van der Waals surface area contributed by atoms with Crippen molar-refractivity contribution < 1.29 is 24.6 Å². The number of halogens is 1. The Labute approximate surface area is 117 Å². The Bertz CT molecular complexity index is 529. The summed E-state index contributed by atoms with van der Waals surface area (Å²) in [5.74, 6) is -3.32. The van der Waals surface area contributed by atoms with Gasteiger partial charge in [-0.25, -0.2) is 4.79 Å². The van der Waals surface area contributed by atoms with Crippen LogP contribution in [0.15, 0.2) is 22.7 Å². The summed E-state index contributed by atoms with van der Waals surface area (Å²) in [7, 11) is 0. The third kappa shape index (κ3) is 4.36. The normalized spacial score (nSPS) is 11.7. The highest BCUT2D eigenvalue weighted by atomic mass is 79.9. The lowest BCUT2D eigenvalue weighted by atomic mass is 10.1. The van der Waals surface area contributed by atoms with E-state index in [1.54, 1.807) is 25.1 Å². The lowest BCUT2D eigenvalue weighted by Gasteiger charge is -2.13. The number of aryl methyl sites for hydroxylation is 1. The van der Waals surface area contributed by atoms with Gasteiger partial charge in [0.25, 0.3) is 5.91 Å². The fraction of sp³-hybridized carbons (Fsp3) is 0.250. The molecule has 0 bridgehead atoms. The van der Waals surface area contributed by atoms with Gasteiger partial charge < -0.3 is 15.5 Å². The zero-order chi connectivity index (χ0) is 14.6. The van der Waals surface area contributed by atoms with Crippen molar-refractivity contribution in [3.63, 3.8) is 0 Å². The van der Waals surface area contributed by atoms with E-state index in [0.717, 1.165) is 5.56 Å². The number of nitrogens with one attached hydrogen (secondary N) is 1. The van der Waals surface area contributed by atoms with E-state index in [1.807, 2.05) is 0 Å². The summed E-state index contributed by atoms with van der Waals surface area (Å²) < 4.78 is 0.509. The highest BCUT2D eigenvalue weighted by Gasteiger charge is 2.24.